The number of halogens is 3. The molecule has 8 heteroatoms. The lowest BCUT2D eigenvalue weighted by atomic mass is 9.29. The minimum absolute atomic E-state index is 0.118. The molecule has 0 unspecified atom stereocenters. The molecule has 4 aliphatic heterocycles. The quantitative estimate of drug-likeness (QED) is 0.154. The van der Waals surface area contributed by atoms with E-state index in [1.807, 2.05) is 11.0 Å². The van der Waals surface area contributed by atoms with Crippen LogP contribution in [0.2, 0.25) is 0 Å². The van der Waals surface area contributed by atoms with Gasteiger partial charge in [-0.25, -0.2) is 0 Å². The summed E-state index contributed by atoms with van der Waals surface area (Å²) in [6, 6.07) is 54.5. The summed E-state index contributed by atoms with van der Waals surface area (Å²) >= 11 is 1.77. The lowest BCUT2D eigenvalue weighted by molar-refractivity contribution is -0.137. The van der Waals surface area contributed by atoms with Crippen molar-refractivity contribution in [2.24, 2.45) is 0 Å². The number of hydrogen-bond donors (Lipinski definition) is 0. The van der Waals surface area contributed by atoms with Gasteiger partial charge in [-0.05, 0) is 115 Å². The molecule has 322 valence electrons. The van der Waals surface area contributed by atoms with Crippen LogP contribution in [0.25, 0.3) is 22.3 Å². The molecule has 0 radical (unpaired) electrons. The molecule has 4 heterocycles. The first-order valence-electron chi connectivity index (χ1n) is 23.2. The number of alkyl halides is 3. The van der Waals surface area contributed by atoms with Gasteiger partial charge in [-0.2, -0.15) is 13.2 Å². The average molecular weight is 883 g/mol. The fraction of sp³-hybridized carbons (Fsp3) is 0.172. The van der Waals surface area contributed by atoms with Crippen LogP contribution in [0.4, 0.5) is 47.3 Å². The van der Waals surface area contributed by atoms with Crippen molar-refractivity contribution in [1.29, 1.82) is 0 Å². The van der Waals surface area contributed by atoms with Gasteiger partial charge in [-0.3, -0.25) is 0 Å². The van der Waals surface area contributed by atoms with E-state index in [0.717, 1.165) is 77.0 Å². The molecule has 0 fully saturated rings. The highest BCUT2D eigenvalue weighted by atomic mass is 32.2. The maximum atomic E-state index is 15.8. The van der Waals surface area contributed by atoms with Crippen LogP contribution in [-0.4, -0.2) is 13.4 Å². The number of anilines is 6. The first kappa shape index (κ1) is 41.1. The Labute approximate surface area is 390 Å². The van der Waals surface area contributed by atoms with E-state index in [1.54, 1.807) is 23.9 Å². The van der Waals surface area contributed by atoms with Crippen molar-refractivity contribution < 1.29 is 13.2 Å². The maximum absolute atomic E-state index is 15.8. The van der Waals surface area contributed by atoms with Crippen molar-refractivity contribution in [2.45, 2.75) is 75.3 Å². The van der Waals surface area contributed by atoms with Gasteiger partial charge in [-0.1, -0.05) is 180 Å². The number of para-hydroxylation sites is 1. The molecule has 8 aromatic rings. The normalized spacial score (nSPS) is 14.1. The second kappa shape index (κ2) is 15.1. The summed E-state index contributed by atoms with van der Waals surface area (Å²) < 4.78 is 47.3. The second-order valence-electron chi connectivity index (χ2n) is 19.3. The number of fused-ring (bicyclic) bond motifs is 10. The Morgan fingerprint density at radius 3 is 1.52 bits per heavy atom. The molecule has 0 amide bonds. The fourth-order valence-electron chi connectivity index (χ4n) is 11.3. The zero-order chi connectivity index (χ0) is 45.3. The highest BCUT2D eigenvalue weighted by Gasteiger charge is 2.53. The third-order valence-corrected chi connectivity index (χ3v) is 15.7. The third-order valence-electron chi connectivity index (χ3n) is 14.5. The summed E-state index contributed by atoms with van der Waals surface area (Å²) in [5.74, 6) is 0.762. The summed E-state index contributed by atoms with van der Waals surface area (Å²) in [7, 11) is 0. The Kier molecular flexibility index (Phi) is 9.39. The van der Waals surface area contributed by atoms with E-state index in [1.165, 1.54) is 45.1 Å². The van der Waals surface area contributed by atoms with Gasteiger partial charge in [0.05, 0.1) is 16.9 Å². The summed E-state index contributed by atoms with van der Waals surface area (Å²) in [4.78, 5) is 6.74. The molecule has 0 atom stereocenters. The van der Waals surface area contributed by atoms with Crippen LogP contribution < -0.4 is 42.6 Å². The van der Waals surface area contributed by atoms with Crippen LogP contribution in [0.5, 0.6) is 0 Å². The van der Waals surface area contributed by atoms with Crippen LogP contribution >= 0.6 is 11.8 Å². The van der Waals surface area contributed by atoms with Crippen molar-refractivity contribution in [3.05, 3.63) is 180 Å². The van der Waals surface area contributed by atoms with Gasteiger partial charge < -0.3 is 9.80 Å². The van der Waals surface area contributed by atoms with Gasteiger partial charge in [0.15, 0.2) is 0 Å². The van der Waals surface area contributed by atoms with Crippen LogP contribution in [0.3, 0.4) is 0 Å². The first-order valence-corrected chi connectivity index (χ1v) is 24.1. The van der Waals surface area contributed by atoms with Crippen molar-refractivity contribution in [1.82, 2.24) is 0 Å². The van der Waals surface area contributed by atoms with Gasteiger partial charge in [0, 0.05) is 38.1 Å². The zero-order valence-electron chi connectivity index (χ0n) is 37.8. The Balaban J connectivity index is 1.34. The van der Waals surface area contributed by atoms with Crippen LogP contribution in [0.1, 0.15) is 81.5 Å². The van der Waals surface area contributed by atoms with Crippen molar-refractivity contribution in [3.63, 3.8) is 0 Å². The topological polar surface area (TPSA) is 6.48 Å². The smallest absolute Gasteiger partial charge is 0.312 e. The molecular weight excluding hydrogens is 835 g/mol. The minimum Gasteiger partial charge on any atom is -0.312 e. The number of rotatable bonds is 6. The Bertz CT molecular complexity index is 3300. The lowest BCUT2D eigenvalue weighted by Gasteiger charge is -2.51. The summed E-state index contributed by atoms with van der Waals surface area (Å²) in [6.45, 7) is 13.0. The molecule has 0 aliphatic carbocycles. The molecule has 0 N–H and O–H groups in total. The van der Waals surface area contributed by atoms with E-state index in [0.29, 0.717) is 5.92 Å². The van der Waals surface area contributed by atoms with Gasteiger partial charge >= 0.3 is 6.18 Å². The Morgan fingerprint density at radius 1 is 0.455 bits per heavy atom. The number of hydrogen-bond acceptors (Lipinski definition) is 3. The standard InChI is InChI=1S/C58H47B2F3N2S/c1-33(2)37-25-28-49-44(30-37)59-43-21-13-15-23-51(43)66-57-52(41-19-11-10-18-40(41)36-16-8-7-9-17-36)55-53-56(54(57)59)65(49)50-29-26-39(35(5)6)32-46(50)60(53)45-31-38(34(3)4)24-27-48(45)64(55)47-22-14-12-20-42(47)58(61,62)63/h7-35H,1-6H3. The zero-order valence-corrected chi connectivity index (χ0v) is 38.7. The third kappa shape index (κ3) is 5.99. The fourth-order valence-corrected chi connectivity index (χ4v) is 12.6. The van der Waals surface area contributed by atoms with E-state index in [-0.39, 0.29) is 30.9 Å². The van der Waals surface area contributed by atoms with Gasteiger partial charge in [0.2, 0.25) is 6.71 Å². The van der Waals surface area contributed by atoms with Crippen LogP contribution in [0.15, 0.2) is 168 Å². The molecule has 66 heavy (non-hydrogen) atoms. The first-order chi connectivity index (χ1) is 31.9. The van der Waals surface area contributed by atoms with E-state index in [9.17, 15) is 0 Å². The number of nitrogens with zero attached hydrogens (tertiary/aromatic N) is 2. The van der Waals surface area contributed by atoms with Crippen molar-refractivity contribution >= 4 is 92.1 Å². The summed E-state index contributed by atoms with van der Waals surface area (Å²) in [6.07, 6.45) is -4.62. The summed E-state index contributed by atoms with van der Waals surface area (Å²) in [5.41, 5.74) is 19.0. The predicted molar refractivity (Wildman–Crippen MR) is 274 cm³/mol. The predicted octanol–water partition coefficient (Wildman–Crippen LogP) is 12.8. The van der Waals surface area contributed by atoms with Crippen molar-refractivity contribution in [3.8, 4) is 22.3 Å². The molecule has 0 bridgehead atoms. The van der Waals surface area contributed by atoms with Gasteiger partial charge in [-0.15, -0.1) is 0 Å². The molecule has 12 rings (SSSR count). The van der Waals surface area contributed by atoms with Gasteiger partial charge in [0.25, 0.3) is 6.71 Å². The molecule has 0 spiro atoms. The second-order valence-corrected chi connectivity index (χ2v) is 20.3. The molecule has 2 nitrogen and oxygen atoms in total. The van der Waals surface area contributed by atoms with E-state index in [4.69, 9.17) is 0 Å². The molecule has 4 aliphatic rings. The molecular formula is C58H47B2F3N2S. The Hall–Kier alpha value is -6.37. The highest BCUT2D eigenvalue weighted by Crippen LogP contribution is 2.56. The van der Waals surface area contributed by atoms with E-state index < -0.39 is 11.7 Å². The molecule has 8 aromatic carbocycles. The molecule has 0 saturated heterocycles. The Morgan fingerprint density at radius 2 is 0.939 bits per heavy atom. The summed E-state index contributed by atoms with van der Waals surface area (Å²) in [5, 5.41) is 0. The largest absolute Gasteiger partial charge is 0.418 e. The SMILES string of the molecule is CC(C)c1ccc2c(c1)B1c3ccccc3Sc3c1c1c4c(c3-c3ccccc3-c3ccccc3)N(c3ccccc3C(F)(F)F)c3ccc(C(C)C)cc3B4c3cc(C(C)C)ccc3N21. The molecule has 0 aromatic heterocycles. The number of benzene rings is 8. The van der Waals surface area contributed by atoms with Crippen LogP contribution in [0, 0.1) is 0 Å². The minimum atomic E-state index is -4.62. The monoisotopic (exact) mass is 882 g/mol. The molecule has 0 saturated carbocycles. The lowest BCUT2D eigenvalue weighted by Crippen LogP contribution is -2.68. The van der Waals surface area contributed by atoms with Crippen molar-refractivity contribution in [2.75, 3.05) is 9.80 Å². The van der Waals surface area contributed by atoms with E-state index in [2.05, 4.69) is 174 Å². The van der Waals surface area contributed by atoms with E-state index >= 15 is 13.2 Å². The van der Waals surface area contributed by atoms with Gasteiger partial charge in [0.1, 0.15) is 0 Å². The van der Waals surface area contributed by atoms with Crippen LogP contribution in [-0.2, 0) is 6.18 Å². The average Bonchev–Trinajstić information content (AvgIpc) is 3.32. The maximum Gasteiger partial charge on any atom is 0.418 e. The highest BCUT2D eigenvalue weighted by molar-refractivity contribution is 8.00.